The van der Waals surface area contributed by atoms with Crippen molar-refractivity contribution >= 4 is 5.82 Å². The van der Waals surface area contributed by atoms with E-state index in [1.807, 2.05) is 25.1 Å². The van der Waals surface area contributed by atoms with E-state index in [0.717, 1.165) is 31.1 Å². The third kappa shape index (κ3) is 3.88. The number of nitrogens with two attached hydrogens (primary N) is 1. The number of rotatable bonds is 5. The molecule has 3 N–H and O–H groups in total. The number of hydrogen-bond donors (Lipinski definition) is 2. The summed E-state index contributed by atoms with van der Waals surface area (Å²) < 4.78 is 5.38. The summed E-state index contributed by atoms with van der Waals surface area (Å²) in [7, 11) is 0. The molecule has 1 fully saturated rings. The summed E-state index contributed by atoms with van der Waals surface area (Å²) in [6.07, 6.45) is 4.75. The van der Waals surface area contributed by atoms with Crippen LogP contribution in [-0.2, 0) is 0 Å². The molecule has 18 heavy (non-hydrogen) atoms. The zero-order valence-electron chi connectivity index (χ0n) is 11.1. The molecule has 1 aromatic rings. The molecule has 0 radical (unpaired) electrons. The van der Waals surface area contributed by atoms with Crippen LogP contribution in [0.1, 0.15) is 32.6 Å². The molecule has 4 nitrogen and oxygen atoms in total. The van der Waals surface area contributed by atoms with Gasteiger partial charge in [-0.05, 0) is 44.6 Å². The average Bonchev–Trinajstić information content (AvgIpc) is 2.39. The fourth-order valence-corrected chi connectivity index (χ4v) is 2.38. The third-order valence-corrected chi connectivity index (χ3v) is 3.48. The first-order valence-corrected chi connectivity index (χ1v) is 6.87. The molecule has 0 saturated heterocycles. The van der Waals surface area contributed by atoms with Gasteiger partial charge in [0.2, 0.25) is 5.88 Å². The highest BCUT2D eigenvalue weighted by molar-refractivity contribution is 5.37. The van der Waals surface area contributed by atoms with Crippen LogP contribution in [-0.4, -0.2) is 24.2 Å². The van der Waals surface area contributed by atoms with Gasteiger partial charge in [-0.15, -0.1) is 0 Å². The molecule has 1 aromatic heterocycles. The largest absolute Gasteiger partial charge is 0.478 e. The Kier molecular flexibility index (Phi) is 4.81. The molecule has 0 amide bonds. The highest BCUT2D eigenvalue weighted by Gasteiger charge is 2.18. The van der Waals surface area contributed by atoms with Crippen LogP contribution in [0.2, 0.25) is 0 Å². The fraction of sp³-hybridized carbons (Fsp3) is 0.643. The SMILES string of the molecule is CCOc1cccc(NCC2CCC(N)CC2)n1. The molecule has 1 aliphatic rings. The van der Waals surface area contributed by atoms with Gasteiger partial charge in [-0.25, -0.2) is 0 Å². The summed E-state index contributed by atoms with van der Waals surface area (Å²) in [6, 6.07) is 6.25. The number of anilines is 1. The van der Waals surface area contributed by atoms with Crippen LogP contribution in [0.5, 0.6) is 5.88 Å². The quantitative estimate of drug-likeness (QED) is 0.841. The van der Waals surface area contributed by atoms with Gasteiger partial charge in [0.15, 0.2) is 0 Å². The Morgan fingerprint density at radius 1 is 1.33 bits per heavy atom. The predicted octanol–water partition coefficient (Wildman–Crippen LogP) is 2.41. The van der Waals surface area contributed by atoms with Crippen molar-refractivity contribution in [3.8, 4) is 5.88 Å². The van der Waals surface area contributed by atoms with E-state index in [1.54, 1.807) is 0 Å². The Labute approximate surface area is 109 Å². The molecule has 0 aromatic carbocycles. The molecule has 1 heterocycles. The minimum atomic E-state index is 0.417. The van der Waals surface area contributed by atoms with Crippen molar-refractivity contribution in [3.05, 3.63) is 18.2 Å². The van der Waals surface area contributed by atoms with Gasteiger partial charge in [-0.3, -0.25) is 0 Å². The lowest BCUT2D eigenvalue weighted by Crippen LogP contribution is -2.29. The summed E-state index contributed by atoms with van der Waals surface area (Å²) in [5.41, 5.74) is 5.91. The zero-order valence-corrected chi connectivity index (χ0v) is 11.1. The first-order valence-electron chi connectivity index (χ1n) is 6.87. The minimum absolute atomic E-state index is 0.417. The molecule has 0 bridgehead atoms. The summed E-state index contributed by atoms with van der Waals surface area (Å²) in [5.74, 6) is 2.31. The number of ether oxygens (including phenoxy) is 1. The molecule has 0 unspecified atom stereocenters. The molecule has 0 atom stereocenters. The van der Waals surface area contributed by atoms with E-state index in [-0.39, 0.29) is 0 Å². The number of hydrogen-bond acceptors (Lipinski definition) is 4. The van der Waals surface area contributed by atoms with Crippen LogP contribution in [0.4, 0.5) is 5.82 Å². The van der Waals surface area contributed by atoms with Crippen LogP contribution >= 0.6 is 0 Å². The molecular formula is C14H23N3O. The van der Waals surface area contributed by atoms with Crippen LogP contribution in [0.25, 0.3) is 0 Å². The van der Waals surface area contributed by atoms with Crippen LogP contribution in [0.15, 0.2) is 18.2 Å². The van der Waals surface area contributed by atoms with Crippen molar-refractivity contribution < 1.29 is 4.74 Å². The summed E-state index contributed by atoms with van der Waals surface area (Å²) in [4.78, 5) is 4.40. The second-order valence-corrected chi connectivity index (χ2v) is 4.96. The van der Waals surface area contributed by atoms with Crippen LogP contribution < -0.4 is 15.8 Å². The van der Waals surface area contributed by atoms with E-state index >= 15 is 0 Å². The molecule has 0 aliphatic heterocycles. The van der Waals surface area contributed by atoms with E-state index in [0.29, 0.717) is 18.5 Å². The van der Waals surface area contributed by atoms with Gasteiger partial charge in [0.25, 0.3) is 0 Å². The van der Waals surface area contributed by atoms with Gasteiger partial charge in [0.1, 0.15) is 5.82 Å². The van der Waals surface area contributed by atoms with E-state index in [9.17, 15) is 0 Å². The second-order valence-electron chi connectivity index (χ2n) is 4.96. The molecule has 100 valence electrons. The predicted molar refractivity (Wildman–Crippen MR) is 73.8 cm³/mol. The molecule has 2 rings (SSSR count). The van der Waals surface area contributed by atoms with Crippen molar-refractivity contribution in [1.29, 1.82) is 0 Å². The van der Waals surface area contributed by atoms with Gasteiger partial charge in [0.05, 0.1) is 6.61 Å². The number of nitrogens with one attached hydrogen (secondary N) is 1. The van der Waals surface area contributed by atoms with E-state index in [4.69, 9.17) is 10.5 Å². The lowest BCUT2D eigenvalue weighted by molar-refractivity contribution is 0.326. The monoisotopic (exact) mass is 249 g/mol. The van der Waals surface area contributed by atoms with Gasteiger partial charge >= 0.3 is 0 Å². The highest BCUT2D eigenvalue weighted by Crippen LogP contribution is 2.23. The first kappa shape index (κ1) is 13.1. The van der Waals surface area contributed by atoms with Crippen molar-refractivity contribution in [2.75, 3.05) is 18.5 Å². The van der Waals surface area contributed by atoms with Gasteiger partial charge in [0, 0.05) is 18.7 Å². The summed E-state index contributed by atoms with van der Waals surface area (Å²) in [6.45, 7) is 3.60. The smallest absolute Gasteiger partial charge is 0.215 e. The molecule has 1 saturated carbocycles. The lowest BCUT2D eigenvalue weighted by Gasteiger charge is -2.26. The first-order chi connectivity index (χ1) is 8.78. The van der Waals surface area contributed by atoms with E-state index in [2.05, 4.69) is 10.3 Å². The molecular weight excluding hydrogens is 226 g/mol. The topological polar surface area (TPSA) is 60.2 Å². The Morgan fingerprint density at radius 3 is 2.83 bits per heavy atom. The Hall–Kier alpha value is -1.29. The maximum atomic E-state index is 5.91. The average molecular weight is 249 g/mol. The fourth-order valence-electron chi connectivity index (χ4n) is 2.38. The Balaban J connectivity index is 1.80. The zero-order chi connectivity index (χ0) is 12.8. The van der Waals surface area contributed by atoms with Gasteiger partial charge in [-0.1, -0.05) is 6.07 Å². The van der Waals surface area contributed by atoms with Gasteiger partial charge < -0.3 is 15.8 Å². The van der Waals surface area contributed by atoms with Crippen molar-refractivity contribution in [3.63, 3.8) is 0 Å². The van der Waals surface area contributed by atoms with Crippen molar-refractivity contribution in [2.24, 2.45) is 11.7 Å². The highest BCUT2D eigenvalue weighted by atomic mass is 16.5. The number of aromatic nitrogens is 1. The van der Waals surface area contributed by atoms with Crippen LogP contribution in [0, 0.1) is 5.92 Å². The van der Waals surface area contributed by atoms with Gasteiger partial charge in [-0.2, -0.15) is 4.98 Å². The minimum Gasteiger partial charge on any atom is -0.478 e. The summed E-state index contributed by atoms with van der Waals surface area (Å²) in [5, 5.41) is 3.40. The Morgan fingerprint density at radius 2 is 2.11 bits per heavy atom. The van der Waals surface area contributed by atoms with Crippen molar-refractivity contribution in [2.45, 2.75) is 38.6 Å². The maximum Gasteiger partial charge on any atom is 0.215 e. The molecule has 1 aliphatic carbocycles. The Bertz CT molecular complexity index is 362. The number of pyridine rings is 1. The maximum absolute atomic E-state index is 5.91. The molecule has 0 spiro atoms. The number of nitrogens with zero attached hydrogens (tertiary/aromatic N) is 1. The lowest BCUT2D eigenvalue weighted by atomic mass is 9.86. The van der Waals surface area contributed by atoms with Crippen molar-refractivity contribution in [1.82, 2.24) is 4.98 Å². The standard InChI is InChI=1S/C14H23N3O/c1-2-18-14-5-3-4-13(17-14)16-10-11-6-8-12(15)9-7-11/h3-5,11-12H,2,6-10,15H2,1H3,(H,16,17). The molecule has 4 heteroatoms. The summed E-state index contributed by atoms with van der Waals surface area (Å²) >= 11 is 0. The third-order valence-electron chi connectivity index (χ3n) is 3.48. The van der Waals surface area contributed by atoms with E-state index in [1.165, 1.54) is 12.8 Å². The second kappa shape index (κ2) is 6.59. The van der Waals surface area contributed by atoms with E-state index < -0.39 is 0 Å². The normalized spacial score (nSPS) is 23.7. The van der Waals surface area contributed by atoms with Crippen LogP contribution in [0.3, 0.4) is 0 Å².